The number of allylic oxidation sites excluding steroid dienone is 1. The summed E-state index contributed by atoms with van der Waals surface area (Å²) in [5.74, 6) is 0. The first-order valence-electron chi connectivity index (χ1n) is 4.37. The van der Waals surface area contributed by atoms with Crippen LogP contribution in [-0.4, -0.2) is 25.8 Å². The van der Waals surface area contributed by atoms with Crippen LogP contribution in [-0.2, 0) is 0 Å². The Hall–Kier alpha value is -0.830. The Morgan fingerprint density at radius 1 is 1.67 bits per heavy atom. The standard InChI is InChI=1S/C9H17N3/c1-7(10)8(6-11-2)9-4-3-5-12-9/h6,9,12H,3-5,10H2,1-2H3. The minimum Gasteiger partial charge on any atom is -0.402 e. The van der Waals surface area contributed by atoms with Crippen LogP contribution < -0.4 is 11.1 Å². The van der Waals surface area contributed by atoms with E-state index in [1.807, 2.05) is 13.1 Å². The predicted octanol–water partition coefficient (Wildman–Crippen LogP) is 0.672. The summed E-state index contributed by atoms with van der Waals surface area (Å²) in [7, 11) is 1.78. The van der Waals surface area contributed by atoms with Crippen molar-refractivity contribution in [1.29, 1.82) is 0 Å². The molecular weight excluding hydrogens is 150 g/mol. The number of aliphatic imine (C=N–C) groups is 1. The van der Waals surface area contributed by atoms with Crippen molar-refractivity contribution in [1.82, 2.24) is 5.32 Å². The molecule has 0 amide bonds. The van der Waals surface area contributed by atoms with Gasteiger partial charge in [0.15, 0.2) is 0 Å². The first-order valence-corrected chi connectivity index (χ1v) is 4.37. The number of nitrogens with one attached hydrogen (secondary N) is 1. The smallest absolute Gasteiger partial charge is 0.0352 e. The van der Waals surface area contributed by atoms with E-state index in [2.05, 4.69) is 10.3 Å². The molecule has 0 aromatic carbocycles. The highest BCUT2D eigenvalue weighted by Gasteiger charge is 2.18. The normalized spacial score (nSPS) is 26.3. The van der Waals surface area contributed by atoms with E-state index in [4.69, 9.17) is 5.73 Å². The third kappa shape index (κ3) is 2.08. The summed E-state index contributed by atoms with van der Waals surface area (Å²) in [4.78, 5) is 4.00. The lowest BCUT2D eigenvalue weighted by Gasteiger charge is -2.12. The van der Waals surface area contributed by atoms with Gasteiger partial charge in [0, 0.05) is 30.6 Å². The fourth-order valence-electron chi connectivity index (χ4n) is 1.56. The van der Waals surface area contributed by atoms with Crippen LogP contribution in [0.4, 0.5) is 0 Å². The molecule has 0 bridgehead atoms. The molecule has 3 heteroatoms. The van der Waals surface area contributed by atoms with Crippen LogP contribution in [0, 0.1) is 0 Å². The van der Waals surface area contributed by atoms with Crippen LogP contribution >= 0.6 is 0 Å². The van der Waals surface area contributed by atoms with Gasteiger partial charge in [0.1, 0.15) is 0 Å². The summed E-state index contributed by atoms with van der Waals surface area (Å²) in [6.45, 7) is 3.02. The molecule has 68 valence electrons. The first kappa shape index (κ1) is 9.26. The van der Waals surface area contributed by atoms with E-state index >= 15 is 0 Å². The fraction of sp³-hybridized carbons (Fsp3) is 0.667. The Morgan fingerprint density at radius 2 is 2.42 bits per heavy atom. The van der Waals surface area contributed by atoms with Gasteiger partial charge in [-0.2, -0.15) is 0 Å². The molecule has 1 aliphatic heterocycles. The largest absolute Gasteiger partial charge is 0.402 e. The number of nitrogens with two attached hydrogens (primary N) is 1. The summed E-state index contributed by atoms with van der Waals surface area (Å²) >= 11 is 0. The molecule has 1 unspecified atom stereocenters. The zero-order chi connectivity index (χ0) is 8.97. The lowest BCUT2D eigenvalue weighted by molar-refractivity contribution is 0.705. The molecule has 0 spiro atoms. The zero-order valence-corrected chi connectivity index (χ0v) is 7.80. The van der Waals surface area contributed by atoms with Gasteiger partial charge in [-0.1, -0.05) is 0 Å². The second-order valence-electron chi connectivity index (χ2n) is 3.17. The third-order valence-corrected chi connectivity index (χ3v) is 2.16. The summed E-state index contributed by atoms with van der Waals surface area (Å²) in [6, 6.07) is 0.429. The zero-order valence-electron chi connectivity index (χ0n) is 7.80. The van der Waals surface area contributed by atoms with Crippen LogP contribution in [0.3, 0.4) is 0 Å². The van der Waals surface area contributed by atoms with Crippen molar-refractivity contribution < 1.29 is 0 Å². The lowest BCUT2D eigenvalue weighted by atomic mass is 10.1. The second-order valence-corrected chi connectivity index (χ2v) is 3.17. The monoisotopic (exact) mass is 167 g/mol. The van der Waals surface area contributed by atoms with E-state index in [0.717, 1.165) is 17.8 Å². The summed E-state index contributed by atoms with van der Waals surface area (Å²) in [5, 5.41) is 3.39. The average Bonchev–Trinajstić information content (AvgIpc) is 2.51. The van der Waals surface area contributed by atoms with Crippen LogP contribution in [0.15, 0.2) is 16.3 Å². The van der Waals surface area contributed by atoms with Crippen LogP contribution in [0.5, 0.6) is 0 Å². The SMILES string of the molecule is CN=CC(=C(C)N)C1CCCN1. The number of hydrogen-bond acceptors (Lipinski definition) is 3. The van der Waals surface area contributed by atoms with Gasteiger partial charge in [0.25, 0.3) is 0 Å². The van der Waals surface area contributed by atoms with Gasteiger partial charge in [0.2, 0.25) is 0 Å². The molecule has 1 rings (SSSR count). The molecule has 0 aliphatic carbocycles. The Bertz CT molecular complexity index is 196. The molecule has 1 heterocycles. The first-order chi connectivity index (χ1) is 5.75. The van der Waals surface area contributed by atoms with E-state index < -0.39 is 0 Å². The van der Waals surface area contributed by atoms with Crippen molar-refractivity contribution in [2.24, 2.45) is 10.7 Å². The fourth-order valence-corrected chi connectivity index (χ4v) is 1.56. The minimum absolute atomic E-state index is 0.429. The topological polar surface area (TPSA) is 50.4 Å². The van der Waals surface area contributed by atoms with Crippen LogP contribution in [0.2, 0.25) is 0 Å². The van der Waals surface area contributed by atoms with Crippen molar-refractivity contribution in [2.45, 2.75) is 25.8 Å². The molecule has 0 radical (unpaired) electrons. The van der Waals surface area contributed by atoms with Gasteiger partial charge in [-0.05, 0) is 26.3 Å². The van der Waals surface area contributed by atoms with Gasteiger partial charge < -0.3 is 11.1 Å². The van der Waals surface area contributed by atoms with E-state index in [-0.39, 0.29) is 0 Å². The number of hydrogen-bond donors (Lipinski definition) is 2. The highest BCUT2D eigenvalue weighted by Crippen LogP contribution is 2.14. The summed E-state index contributed by atoms with van der Waals surface area (Å²) in [5.41, 5.74) is 7.77. The van der Waals surface area contributed by atoms with Crippen molar-refractivity contribution in [2.75, 3.05) is 13.6 Å². The second kappa shape index (κ2) is 4.26. The van der Waals surface area contributed by atoms with Gasteiger partial charge in [0.05, 0.1) is 0 Å². The maximum absolute atomic E-state index is 5.75. The van der Waals surface area contributed by atoms with E-state index in [1.165, 1.54) is 12.8 Å². The van der Waals surface area contributed by atoms with E-state index in [1.54, 1.807) is 7.05 Å². The molecule has 1 fully saturated rings. The van der Waals surface area contributed by atoms with Gasteiger partial charge >= 0.3 is 0 Å². The quantitative estimate of drug-likeness (QED) is 0.594. The molecule has 12 heavy (non-hydrogen) atoms. The Labute approximate surface area is 73.7 Å². The molecule has 0 aromatic heterocycles. The van der Waals surface area contributed by atoms with Crippen LogP contribution in [0.25, 0.3) is 0 Å². The van der Waals surface area contributed by atoms with Crippen molar-refractivity contribution in [3.8, 4) is 0 Å². The highest BCUT2D eigenvalue weighted by molar-refractivity contribution is 5.81. The van der Waals surface area contributed by atoms with Crippen molar-refractivity contribution in [3.05, 3.63) is 11.3 Å². The Kier molecular flexibility index (Phi) is 3.29. The van der Waals surface area contributed by atoms with Crippen LogP contribution in [0.1, 0.15) is 19.8 Å². The van der Waals surface area contributed by atoms with E-state index in [0.29, 0.717) is 6.04 Å². The molecule has 1 aliphatic rings. The maximum Gasteiger partial charge on any atom is 0.0352 e. The summed E-state index contributed by atoms with van der Waals surface area (Å²) in [6.07, 6.45) is 4.27. The molecule has 0 aromatic rings. The van der Waals surface area contributed by atoms with Gasteiger partial charge in [-0.25, -0.2) is 0 Å². The number of nitrogens with zero attached hydrogens (tertiary/aromatic N) is 1. The molecule has 3 N–H and O–H groups in total. The minimum atomic E-state index is 0.429. The molecular formula is C9H17N3. The van der Waals surface area contributed by atoms with Gasteiger partial charge in [-0.3, -0.25) is 4.99 Å². The maximum atomic E-state index is 5.75. The molecule has 1 atom stereocenters. The van der Waals surface area contributed by atoms with Crippen molar-refractivity contribution >= 4 is 6.21 Å². The Balaban J connectivity index is 2.72. The third-order valence-electron chi connectivity index (χ3n) is 2.16. The molecule has 0 saturated carbocycles. The van der Waals surface area contributed by atoms with E-state index in [9.17, 15) is 0 Å². The van der Waals surface area contributed by atoms with Crippen molar-refractivity contribution in [3.63, 3.8) is 0 Å². The molecule has 3 nitrogen and oxygen atoms in total. The average molecular weight is 167 g/mol. The Morgan fingerprint density at radius 3 is 2.83 bits per heavy atom. The highest BCUT2D eigenvalue weighted by atomic mass is 14.9. The lowest BCUT2D eigenvalue weighted by Crippen LogP contribution is -2.26. The predicted molar refractivity (Wildman–Crippen MR) is 52.3 cm³/mol. The molecule has 1 saturated heterocycles. The van der Waals surface area contributed by atoms with Gasteiger partial charge in [-0.15, -0.1) is 0 Å². The number of rotatable bonds is 2. The summed E-state index contributed by atoms with van der Waals surface area (Å²) < 4.78 is 0.